The van der Waals surface area contributed by atoms with Gasteiger partial charge < -0.3 is 0 Å². The molecule has 1 aliphatic carbocycles. The van der Waals surface area contributed by atoms with Gasteiger partial charge in [-0.25, -0.2) is 0 Å². The van der Waals surface area contributed by atoms with E-state index >= 15 is 0 Å². The molecule has 0 saturated heterocycles. The second kappa shape index (κ2) is 11.8. The second-order valence-electron chi connectivity index (χ2n) is 15.1. The number of halogens is 3. The maximum absolute atomic E-state index is 14.9. The first-order valence-corrected chi connectivity index (χ1v) is 17.4. The lowest BCUT2D eigenvalue weighted by atomic mass is 9.73. The Labute approximate surface area is 297 Å². The van der Waals surface area contributed by atoms with Gasteiger partial charge in [-0.2, -0.15) is 13.2 Å². The second-order valence-corrected chi connectivity index (χ2v) is 15.1. The normalized spacial score (nSPS) is 13.6. The molecule has 6 aromatic carbocycles. The van der Waals surface area contributed by atoms with Crippen LogP contribution in [0.1, 0.15) is 56.9 Å². The van der Waals surface area contributed by atoms with Crippen molar-refractivity contribution in [1.82, 2.24) is 4.98 Å². The molecule has 1 nitrogen and oxygen atoms in total. The van der Waals surface area contributed by atoms with Crippen molar-refractivity contribution in [3.05, 3.63) is 162 Å². The molecule has 8 rings (SSSR count). The Kier molecular flexibility index (Phi) is 7.57. The van der Waals surface area contributed by atoms with Gasteiger partial charge >= 0.3 is 6.18 Å². The van der Waals surface area contributed by atoms with Gasteiger partial charge in [-0.15, -0.1) is 0 Å². The van der Waals surface area contributed by atoms with E-state index in [2.05, 4.69) is 106 Å². The van der Waals surface area contributed by atoms with Crippen molar-refractivity contribution in [1.29, 1.82) is 0 Å². The van der Waals surface area contributed by atoms with Crippen LogP contribution in [-0.2, 0) is 17.0 Å². The molecule has 1 heterocycles. The molecular weight excluding hydrogens is 636 g/mol. The maximum atomic E-state index is 14.9. The van der Waals surface area contributed by atoms with Crippen molar-refractivity contribution < 1.29 is 13.2 Å². The molecule has 0 aliphatic heterocycles. The SMILES string of the molecule is CC(C)(C)c1cc(-c2cc(-c3ccc4c(c3)-c3ccccc3-c3ccccc3C(C)(C)c3ccccc3-4)c(C(F)(F)F)cn2)cc2ccccc12. The highest BCUT2D eigenvalue weighted by atomic mass is 19.4. The van der Waals surface area contributed by atoms with Crippen LogP contribution in [-0.4, -0.2) is 4.98 Å². The van der Waals surface area contributed by atoms with E-state index in [1.165, 1.54) is 5.56 Å². The Morgan fingerprint density at radius 1 is 0.490 bits per heavy atom. The van der Waals surface area contributed by atoms with Crippen molar-refractivity contribution in [2.45, 2.75) is 51.6 Å². The highest BCUT2D eigenvalue weighted by molar-refractivity contribution is 5.97. The molecule has 1 aliphatic rings. The first-order valence-electron chi connectivity index (χ1n) is 17.4. The van der Waals surface area contributed by atoms with E-state index in [4.69, 9.17) is 0 Å². The molecule has 252 valence electrons. The zero-order valence-corrected chi connectivity index (χ0v) is 29.4. The van der Waals surface area contributed by atoms with Crippen molar-refractivity contribution in [3.8, 4) is 55.8 Å². The lowest BCUT2D eigenvalue weighted by Crippen LogP contribution is -2.20. The monoisotopic (exact) mass is 673 g/mol. The number of alkyl halides is 3. The summed E-state index contributed by atoms with van der Waals surface area (Å²) in [5.41, 5.74) is 10.1. The van der Waals surface area contributed by atoms with Gasteiger partial charge in [-0.3, -0.25) is 4.98 Å². The van der Waals surface area contributed by atoms with E-state index in [1.807, 2.05) is 60.7 Å². The molecule has 7 aromatic rings. The predicted octanol–water partition coefficient (Wildman–Crippen LogP) is 13.5. The third-order valence-electron chi connectivity index (χ3n) is 10.5. The van der Waals surface area contributed by atoms with Gasteiger partial charge in [0.2, 0.25) is 0 Å². The molecular formula is C47H38F3N. The van der Waals surface area contributed by atoms with Crippen molar-refractivity contribution in [3.63, 3.8) is 0 Å². The lowest BCUT2D eigenvalue weighted by molar-refractivity contribution is -0.137. The van der Waals surface area contributed by atoms with Crippen LogP contribution >= 0.6 is 0 Å². The van der Waals surface area contributed by atoms with E-state index in [0.717, 1.165) is 67.0 Å². The fourth-order valence-electron chi connectivity index (χ4n) is 7.95. The Hall–Kier alpha value is -5.48. The van der Waals surface area contributed by atoms with Crippen LogP contribution in [0, 0.1) is 0 Å². The highest BCUT2D eigenvalue weighted by Crippen LogP contribution is 2.50. The number of hydrogen-bond donors (Lipinski definition) is 0. The van der Waals surface area contributed by atoms with Gasteiger partial charge in [0.1, 0.15) is 0 Å². The predicted molar refractivity (Wildman–Crippen MR) is 205 cm³/mol. The topological polar surface area (TPSA) is 12.9 Å². The summed E-state index contributed by atoms with van der Waals surface area (Å²) in [6.45, 7) is 11.0. The molecule has 0 fully saturated rings. The zero-order chi connectivity index (χ0) is 35.7. The average molecular weight is 674 g/mol. The van der Waals surface area contributed by atoms with Gasteiger partial charge in [0.15, 0.2) is 0 Å². The minimum absolute atomic E-state index is 0.104. The van der Waals surface area contributed by atoms with Crippen LogP contribution in [0.4, 0.5) is 13.2 Å². The lowest BCUT2D eigenvalue weighted by Gasteiger charge is -2.30. The summed E-state index contributed by atoms with van der Waals surface area (Å²) in [6, 6.07) is 44.8. The number of nitrogens with zero attached hydrogens (tertiary/aromatic N) is 1. The molecule has 1 aromatic heterocycles. The van der Waals surface area contributed by atoms with Crippen LogP contribution in [0.2, 0.25) is 0 Å². The first-order chi connectivity index (χ1) is 24.3. The van der Waals surface area contributed by atoms with Gasteiger partial charge in [0.05, 0.1) is 11.3 Å². The van der Waals surface area contributed by atoms with Gasteiger partial charge in [-0.05, 0) is 102 Å². The fourth-order valence-corrected chi connectivity index (χ4v) is 7.95. The van der Waals surface area contributed by atoms with Gasteiger partial charge in [0.25, 0.3) is 0 Å². The van der Waals surface area contributed by atoms with Crippen LogP contribution < -0.4 is 0 Å². The van der Waals surface area contributed by atoms with E-state index < -0.39 is 11.7 Å². The zero-order valence-electron chi connectivity index (χ0n) is 29.4. The summed E-state index contributed by atoms with van der Waals surface area (Å²) in [5, 5.41) is 2.15. The molecule has 0 N–H and O–H groups in total. The smallest absolute Gasteiger partial charge is 0.256 e. The number of hydrogen-bond acceptors (Lipinski definition) is 1. The third kappa shape index (κ3) is 5.54. The average Bonchev–Trinajstić information content (AvgIpc) is 3.15. The summed E-state index contributed by atoms with van der Waals surface area (Å²) in [4.78, 5) is 4.45. The minimum Gasteiger partial charge on any atom is -0.256 e. The number of rotatable bonds is 2. The Morgan fingerprint density at radius 2 is 1.04 bits per heavy atom. The summed E-state index contributed by atoms with van der Waals surface area (Å²) in [5.74, 6) is 0. The summed E-state index contributed by atoms with van der Waals surface area (Å²) in [6.07, 6.45) is -3.60. The molecule has 0 spiro atoms. The molecule has 0 atom stereocenters. The largest absolute Gasteiger partial charge is 0.418 e. The van der Waals surface area contributed by atoms with E-state index in [1.54, 1.807) is 6.07 Å². The highest BCUT2D eigenvalue weighted by Gasteiger charge is 2.36. The van der Waals surface area contributed by atoms with E-state index in [9.17, 15) is 13.2 Å². The molecule has 51 heavy (non-hydrogen) atoms. The van der Waals surface area contributed by atoms with Crippen LogP contribution in [0.25, 0.3) is 66.5 Å². The Morgan fingerprint density at radius 3 is 1.67 bits per heavy atom. The quantitative estimate of drug-likeness (QED) is 0.178. The Bertz CT molecular complexity index is 2480. The van der Waals surface area contributed by atoms with Crippen LogP contribution in [0.15, 0.2) is 140 Å². The fraction of sp³-hybridized carbons (Fsp3) is 0.170. The molecule has 0 amide bonds. The van der Waals surface area contributed by atoms with Crippen molar-refractivity contribution in [2.75, 3.05) is 0 Å². The summed E-state index contributed by atoms with van der Waals surface area (Å²) < 4.78 is 44.6. The van der Waals surface area contributed by atoms with Crippen molar-refractivity contribution >= 4 is 10.8 Å². The standard InChI is InChI=1S/C47H38F3N/c1-45(2,3)42-26-31(24-29-14-6-7-15-32(29)42)44-27-38(43(28-51-44)47(48,49)50)30-22-23-35-37-19-11-13-21-41(37)46(4,5)40-20-12-10-18-36(40)33-16-8-9-17-34(33)39(35)25-30/h6-28H,1-5H3. The number of aromatic nitrogens is 1. The Balaban J connectivity index is 1.41. The minimum atomic E-state index is -4.60. The first kappa shape index (κ1) is 32.7. The van der Waals surface area contributed by atoms with E-state index in [0.29, 0.717) is 11.3 Å². The third-order valence-corrected chi connectivity index (χ3v) is 10.5. The molecule has 4 heteroatoms. The molecule has 0 bridgehead atoms. The van der Waals surface area contributed by atoms with Crippen LogP contribution in [0.5, 0.6) is 0 Å². The summed E-state index contributed by atoms with van der Waals surface area (Å²) in [7, 11) is 0. The summed E-state index contributed by atoms with van der Waals surface area (Å²) >= 11 is 0. The molecule has 0 unspecified atom stereocenters. The molecule has 0 saturated carbocycles. The van der Waals surface area contributed by atoms with Crippen LogP contribution in [0.3, 0.4) is 0 Å². The molecule has 0 radical (unpaired) electrons. The van der Waals surface area contributed by atoms with Crippen molar-refractivity contribution in [2.24, 2.45) is 0 Å². The van der Waals surface area contributed by atoms with Gasteiger partial charge in [-0.1, -0.05) is 144 Å². The maximum Gasteiger partial charge on any atom is 0.418 e. The van der Waals surface area contributed by atoms with E-state index in [-0.39, 0.29) is 16.4 Å². The number of pyridine rings is 1. The number of benzene rings is 6. The number of fused-ring (bicyclic) bond motifs is 8. The van der Waals surface area contributed by atoms with Gasteiger partial charge in [0, 0.05) is 17.2 Å².